The largest absolute Gasteiger partial charge is 0.330 e. The van der Waals surface area contributed by atoms with E-state index in [4.69, 9.17) is 5.73 Å². The highest BCUT2D eigenvalue weighted by atomic mass is 14.7. The van der Waals surface area contributed by atoms with E-state index < -0.39 is 0 Å². The average molecular weight is 189 g/mol. The Balaban J connectivity index is 2.36. The zero-order valence-electron chi connectivity index (χ0n) is 9.14. The molecule has 1 heteroatoms. The highest BCUT2D eigenvalue weighted by Crippen LogP contribution is 2.47. The maximum absolute atomic E-state index is 5.83. The van der Waals surface area contributed by atoms with Gasteiger partial charge in [0.1, 0.15) is 0 Å². The maximum Gasteiger partial charge on any atom is 0.00763 e. The van der Waals surface area contributed by atoms with E-state index in [1.807, 2.05) is 0 Å². The molecule has 1 aliphatic rings. The van der Waals surface area contributed by atoms with Gasteiger partial charge in [-0.2, -0.15) is 0 Å². The molecule has 0 atom stereocenters. The highest BCUT2D eigenvalue weighted by molar-refractivity contribution is 5.38. The van der Waals surface area contributed by atoms with Crippen molar-refractivity contribution < 1.29 is 0 Å². The van der Waals surface area contributed by atoms with Gasteiger partial charge in [-0.15, -0.1) is 0 Å². The summed E-state index contributed by atoms with van der Waals surface area (Å²) in [6.07, 6.45) is 3.67. The van der Waals surface area contributed by atoms with Crippen molar-refractivity contribution in [2.24, 2.45) is 5.73 Å². The molecule has 1 aliphatic carbocycles. The van der Waals surface area contributed by atoms with Crippen molar-refractivity contribution in [3.05, 3.63) is 34.9 Å². The summed E-state index contributed by atoms with van der Waals surface area (Å²) < 4.78 is 0. The lowest BCUT2D eigenvalue weighted by Gasteiger charge is -2.15. The Morgan fingerprint density at radius 2 is 2.07 bits per heavy atom. The van der Waals surface area contributed by atoms with Gasteiger partial charge >= 0.3 is 0 Å². The normalized spacial score (nSPS) is 18.2. The van der Waals surface area contributed by atoms with Crippen LogP contribution in [0.15, 0.2) is 18.2 Å². The molecular formula is C13H19N. The SMILES string of the molecule is CCc1cc(C2(CN)CC2)ccc1C. The van der Waals surface area contributed by atoms with Gasteiger partial charge in [-0.1, -0.05) is 25.1 Å². The van der Waals surface area contributed by atoms with Gasteiger partial charge in [0.05, 0.1) is 0 Å². The summed E-state index contributed by atoms with van der Waals surface area (Å²) in [4.78, 5) is 0. The van der Waals surface area contributed by atoms with Gasteiger partial charge in [-0.3, -0.25) is 0 Å². The Morgan fingerprint density at radius 3 is 2.57 bits per heavy atom. The van der Waals surface area contributed by atoms with Crippen LogP contribution in [0, 0.1) is 6.92 Å². The Labute approximate surface area is 86.3 Å². The summed E-state index contributed by atoms with van der Waals surface area (Å²) in [5, 5.41) is 0. The second-order valence-corrected chi connectivity index (χ2v) is 4.48. The van der Waals surface area contributed by atoms with E-state index in [0.29, 0.717) is 5.41 Å². The summed E-state index contributed by atoms with van der Waals surface area (Å²) in [6, 6.07) is 6.85. The molecule has 0 unspecified atom stereocenters. The number of aryl methyl sites for hydroxylation is 2. The number of hydrogen-bond donors (Lipinski definition) is 1. The quantitative estimate of drug-likeness (QED) is 0.777. The van der Waals surface area contributed by atoms with Crippen LogP contribution in [-0.4, -0.2) is 6.54 Å². The van der Waals surface area contributed by atoms with Crippen molar-refractivity contribution in [3.8, 4) is 0 Å². The monoisotopic (exact) mass is 189 g/mol. The topological polar surface area (TPSA) is 26.0 Å². The zero-order chi connectivity index (χ0) is 10.2. The van der Waals surface area contributed by atoms with E-state index >= 15 is 0 Å². The molecule has 0 saturated heterocycles. The molecule has 1 aromatic rings. The predicted molar refractivity (Wildman–Crippen MR) is 60.5 cm³/mol. The molecule has 0 heterocycles. The summed E-state index contributed by atoms with van der Waals surface area (Å²) in [5.74, 6) is 0. The Kier molecular flexibility index (Phi) is 2.36. The van der Waals surface area contributed by atoms with Crippen molar-refractivity contribution in [1.29, 1.82) is 0 Å². The van der Waals surface area contributed by atoms with Crippen LogP contribution in [0.25, 0.3) is 0 Å². The molecule has 2 N–H and O–H groups in total. The number of hydrogen-bond acceptors (Lipinski definition) is 1. The maximum atomic E-state index is 5.83. The smallest absolute Gasteiger partial charge is 0.00763 e. The number of benzene rings is 1. The van der Waals surface area contributed by atoms with Crippen molar-refractivity contribution in [1.82, 2.24) is 0 Å². The minimum Gasteiger partial charge on any atom is -0.330 e. The van der Waals surface area contributed by atoms with Crippen LogP contribution in [0.2, 0.25) is 0 Å². The highest BCUT2D eigenvalue weighted by Gasteiger charge is 2.42. The van der Waals surface area contributed by atoms with Crippen LogP contribution in [-0.2, 0) is 11.8 Å². The molecule has 0 radical (unpaired) electrons. The lowest BCUT2D eigenvalue weighted by atomic mass is 9.92. The van der Waals surface area contributed by atoms with E-state index in [-0.39, 0.29) is 0 Å². The molecule has 0 amide bonds. The van der Waals surface area contributed by atoms with Crippen LogP contribution in [0.4, 0.5) is 0 Å². The van der Waals surface area contributed by atoms with Gasteiger partial charge in [-0.05, 0) is 42.9 Å². The van der Waals surface area contributed by atoms with Gasteiger partial charge in [0.15, 0.2) is 0 Å². The van der Waals surface area contributed by atoms with Crippen LogP contribution in [0.3, 0.4) is 0 Å². The van der Waals surface area contributed by atoms with E-state index in [0.717, 1.165) is 13.0 Å². The van der Waals surface area contributed by atoms with Crippen molar-refractivity contribution in [2.75, 3.05) is 6.54 Å². The molecule has 0 bridgehead atoms. The van der Waals surface area contributed by atoms with Crippen LogP contribution >= 0.6 is 0 Å². The lowest BCUT2D eigenvalue weighted by Crippen LogP contribution is -2.19. The molecule has 0 spiro atoms. The van der Waals surface area contributed by atoms with Gasteiger partial charge < -0.3 is 5.73 Å². The third-order valence-corrected chi connectivity index (χ3v) is 3.59. The van der Waals surface area contributed by atoms with Crippen LogP contribution in [0.1, 0.15) is 36.5 Å². The molecule has 1 fully saturated rings. The first-order valence-corrected chi connectivity index (χ1v) is 5.52. The Hall–Kier alpha value is -0.820. The molecule has 14 heavy (non-hydrogen) atoms. The first kappa shape index (κ1) is 9.72. The third-order valence-electron chi connectivity index (χ3n) is 3.59. The van der Waals surface area contributed by atoms with Gasteiger partial charge in [0, 0.05) is 12.0 Å². The lowest BCUT2D eigenvalue weighted by molar-refractivity contribution is 0.703. The van der Waals surface area contributed by atoms with Crippen molar-refractivity contribution in [3.63, 3.8) is 0 Å². The molecule has 0 aliphatic heterocycles. The second-order valence-electron chi connectivity index (χ2n) is 4.48. The molecule has 1 saturated carbocycles. The zero-order valence-corrected chi connectivity index (χ0v) is 9.14. The van der Waals surface area contributed by atoms with E-state index in [1.165, 1.54) is 29.5 Å². The van der Waals surface area contributed by atoms with Crippen LogP contribution < -0.4 is 5.73 Å². The Morgan fingerprint density at radius 1 is 1.36 bits per heavy atom. The molecule has 1 nitrogen and oxygen atoms in total. The molecule has 2 rings (SSSR count). The summed E-state index contributed by atoms with van der Waals surface area (Å²) in [6.45, 7) is 5.21. The third kappa shape index (κ3) is 1.46. The molecule has 1 aromatic carbocycles. The van der Waals surface area contributed by atoms with Crippen molar-refractivity contribution >= 4 is 0 Å². The standard InChI is InChI=1S/C13H19N/c1-3-11-8-12(5-4-10(11)2)13(9-14)6-7-13/h4-5,8H,3,6-7,9,14H2,1-2H3. The first-order chi connectivity index (χ1) is 6.72. The molecule has 76 valence electrons. The van der Waals surface area contributed by atoms with Gasteiger partial charge in [0.25, 0.3) is 0 Å². The Bertz CT molecular complexity index is 337. The fourth-order valence-corrected chi connectivity index (χ4v) is 2.14. The summed E-state index contributed by atoms with van der Waals surface area (Å²) in [5.41, 5.74) is 10.5. The van der Waals surface area contributed by atoms with E-state index in [2.05, 4.69) is 32.0 Å². The fourth-order valence-electron chi connectivity index (χ4n) is 2.14. The van der Waals surface area contributed by atoms with E-state index in [9.17, 15) is 0 Å². The molecule has 0 aromatic heterocycles. The predicted octanol–water partition coefficient (Wildman–Crippen LogP) is 2.55. The minimum atomic E-state index is 0.345. The average Bonchev–Trinajstić information content (AvgIpc) is 2.99. The second kappa shape index (κ2) is 3.39. The molecular weight excluding hydrogens is 170 g/mol. The first-order valence-electron chi connectivity index (χ1n) is 5.52. The summed E-state index contributed by atoms with van der Waals surface area (Å²) >= 11 is 0. The number of rotatable bonds is 3. The summed E-state index contributed by atoms with van der Waals surface area (Å²) in [7, 11) is 0. The minimum absolute atomic E-state index is 0.345. The van der Waals surface area contributed by atoms with Crippen molar-refractivity contribution in [2.45, 2.75) is 38.5 Å². The van der Waals surface area contributed by atoms with Gasteiger partial charge in [0.2, 0.25) is 0 Å². The van der Waals surface area contributed by atoms with E-state index in [1.54, 1.807) is 0 Å². The number of nitrogens with two attached hydrogens (primary N) is 1. The van der Waals surface area contributed by atoms with Crippen LogP contribution in [0.5, 0.6) is 0 Å². The van der Waals surface area contributed by atoms with Gasteiger partial charge in [-0.25, -0.2) is 0 Å². The fraction of sp³-hybridized carbons (Fsp3) is 0.538.